The molecule has 1 aromatic carbocycles. The van der Waals surface area contributed by atoms with Gasteiger partial charge in [0.05, 0.1) is 0 Å². The number of halogens is 1. The molecular weight excluding hydrogens is 302 g/mol. The number of carbonyl (C=O) groups is 2. The second-order valence-corrected chi connectivity index (χ2v) is 5.56. The van der Waals surface area contributed by atoms with E-state index in [1.807, 2.05) is 12.1 Å². The Morgan fingerprint density at radius 1 is 1.36 bits per heavy atom. The molecular formula is C16H24ClN3O2. The van der Waals surface area contributed by atoms with E-state index in [0.29, 0.717) is 30.9 Å². The summed E-state index contributed by atoms with van der Waals surface area (Å²) >= 11 is 0. The number of hydrogen-bond donors (Lipinski definition) is 3. The van der Waals surface area contributed by atoms with E-state index < -0.39 is 5.91 Å². The quantitative estimate of drug-likeness (QED) is 0.705. The lowest BCUT2D eigenvalue weighted by atomic mass is 10.0. The minimum Gasteiger partial charge on any atom is -0.366 e. The summed E-state index contributed by atoms with van der Waals surface area (Å²) < 4.78 is 0. The highest BCUT2D eigenvalue weighted by atomic mass is 35.5. The van der Waals surface area contributed by atoms with E-state index in [9.17, 15) is 9.59 Å². The van der Waals surface area contributed by atoms with E-state index >= 15 is 0 Å². The van der Waals surface area contributed by atoms with Crippen molar-refractivity contribution in [2.75, 3.05) is 19.6 Å². The molecule has 122 valence electrons. The van der Waals surface area contributed by atoms with E-state index in [-0.39, 0.29) is 18.3 Å². The molecule has 1 aromatic rings. The number of rotatable bonds is 7. The summed E-state index contributed by atoms with van der Waals surface area (Å²) in [5.41, 5.74) is 6.76. The van der Waals surface area contributed by atoms with Crippen molar-refractivity contribution in [1.82, 2.24) is 10.6 Å². The van der Waals surface area contributed by atoms with Gasteiger partial charge < -0.3 is 16.4 Å². The van der Waals surface area contributed by atoms with Gasteiger partial charge in [0, 0.05) is 18.5 Å². The summed E-state index contributed by atoms with van der Waals surface area (Å²) in [4.78, 5) is 22.9. The molecule has 1 heterocycles. The van der Waals surface area contributed by atoms with Crippen LogP contribution in [0.4, 0.5) is 0 Å². The average molecular weight is 326 g/mol. The number of benzene rings is 1. The van der Waals surface area contributed by atoms with Crippen molar-refractivity contribution in [3.05, 3.63) is 35.4 Å². The standard InChI is InChI=1S/C16H23N3O2.ClH/c17-16(21)14-3-1-2-12(10-14)7-9-19-15(20)5-4-13-6-8-18-11-13;/h1-3,10,13,18H,4-9,11H2,(H2,17,21)(H,19,20);1H. The van der Waals surface area contributed by atoms with E-state index in [1.165, 1.54) is 6.42 Å². The zero-order chi connectivity index (χ0) is 15.1. The van der Waals surface area contributed by atoms with Gasteiger partial charge in [-0.25, -0.2) is 0 Å². The van der Waals surface area contributed by atoms with Gasteiger partial charge in [-0.05, 0) is 56.0 Å². The fourth-order valence-electron chi connectivity index (χ4n) is 2.61. The van der Waals surface area contributed by atoms with Crippen molar-refractivity contribution < 1.29 is 9.59 Å². The van der Waals surface area contributed by atoms with Crippen molar-refractivity contribution >= 4 is 24.2 Å². The van der Waals surface area contributed by atoms with Crippen LogP contribution in [0, 0.1) is 5.92 Å². The largest absolute Gasteiger partial charge is 0.366 e. The van der Waals surface area contributed by atoms with Crippen LogP contribution in [0.25, 0.3) is 0 Å². The van der Waals surface area contributed by atoms with Crippen molar-refractivity contribution in [1.29, 1.82) is 0 Å². The lowest BCUT2D eigenvalue weighted by Gasteiger charge is -2.09. The minimum atomic E-state index is -0.425. The molecule has 6 heteroatoms. The van der Waals surface area contributed by atoms with Crippen LogP contribution < -0.4 is 16.4 Å². The highest BCUT2D eigenvalue weighted by Crippen LogP contribution is 2.13. The van der Waals surface area contributed by atoms with Crippen LogP contribution in [0.2, 0.25) is 0 Å². The second kappa shape index (κ2) is 9.43. The Hall–Kier alpha value is -1.59. The average Bonchev–Trinajstić information content (AvgIpc) is 2.99. The summed E-state index contributed by atoms with van der Waals surface area (Å²) in [6.45, 7) is 2.69. The van der Waals surface area contributed by atoms with E-state index in [0.717, 1.165) is 25.1 Å². The normalized spacial score (nSPS) is 16.8. The highest BCUT2D eigenvalue weighted by Gasteiger charge is 2.15. The van der Waals surface area contributed by atoms with Crippen molar-refractivity contribution in [3.8, 4) is 0 Å². The maximum Gasteiger partial charge on any atom is 0.248 e. The predicted molar refractivity (Wildman–Crippen MR) is 89.1 cm³/mol. The molecule has 22 heavy (non-hydrogen) atoms. The van der Waals surface area contributed by atoms with Gasteiger partial charge in [-0.3, -0.25) is 9.59 Å². The number of hydrogen-bond acceptors (Lipinski definition) is 3. The predicted octanol–water partition coefficient (Wildman–Crippen LogP) is 1.26. The van der Waals surface area contributed by atoms with Gasteiger partial charge in [0.15, 0.2) is 0 Å². The molecule has 0 saturated carbocycles. The van der Waals surface area contributed by atoms with Gasteiger partial charge in [-0.1, -0.05) is 12.1 Å². The molecule has 2 amide bonds. The number of amides is 2. The molecule has 1 aliphatic heterocycles. The van der Waals surface area contributed by atoms with Gasteiger partial charge in [0.2, 0.25) is 11.8 Å². The van der Waals surface area contributed by atoms with Crippen LogP contribution in [0.3, 0.4) is 0 Å². The summed E-state index contributed by atoms with van der Waals surface area (Å²) in [6, 6.07) is 7.21. The Balaban J connectivity index is 0.00000242. The van der Waals surface area contributed by atoms with E-state index in [2.05, 4.69) is 10.6 Å². The van der Waals surface area contributed by atoms with E-state index in [4.69, 9.17) is 5.73 Å². The molecule has 4 N–H and O–H groups in total. The molecule has 0 aliphatic carbocycles. The summed E-state index contributed by atoms with van der Waals surface area (Å²) in [6.07, 6.45) is 3.43. The fraction of sp³-hybridized carbons (Fsp3) is 0.500. The minimum absolute atomic E-state index is 0. The van der Waals surface area contributed by atoms with E-state index in [1.54, 1.807) is 12.1 Å². The number of carbonyl (C=O) groups excluding carboxylic acids is 2. The SMILES string of the molecule is Cl.NC(=O)c1cccc(CCNC(=O)CCC2CCNC2)c1. The maximum absolute atomic E-state index is 11.8. The Morgan fingerprint density at radius 2 is 2.18 bits per heavy atom. The molecule has 5 nitrogen and oxygen atoms in total. The van der Waals surface area contributed by atoms with Crippen LogP contribution in [-0.2, 0) is 11.2 Å². The van der Waals surface area contributed by atoms with Crippen molar-refractivity contribution in [2.45, 2.75) is 25.7 Å². The summed E-state index contributed by atoms with van der Waals surface area (Å²) in [5, 5.41) is 6.23. The zero-order valence-corrected chi connectivity index (χ0v) is 13.5. The first-order chi connectivity index (χ1) is 10.1. The lowest BCUT2D eigenvalue weighted by Crippen LogP contribution is -2.26. The topological polar surface area (TPSA) is 84.2 Å². The molecule has 0 aromatic heterocycles. The maximum atomic E-state index is 11.8. The van der Waals surface area contributed by atoms with Crippen LogP contribution >= 0.6 is 12.4 Å². The highest BCUT2D eigenvalue weighted by molar-refractivity contribution is 5.92. The van der Waals surface area contributed by atoms with Crippen molar-refractivity contribution in [2.24, 2.45) is 11.7 Å². The summed E-state index contributed by atoms with van der Waals surface area (Å²) in [7, 11) is 0. The first-order valence-electron chi connectivity index (χ1n) is 7.51. The van der Waals surface area contributed by atoms with Gasteiger partial charge in [-0.15, -0.1) is 12.4 Å². The lowest BCUT2D eigenvalue weighted by molar-refractivity contribution is -0.121. The molecule has 1 unspecified atom stereocenters. The molecule has 1 saturated heterocycles. The number of nitrogens with two attached hydrogens (primary N) is 1. The first kappa shape index (κ1) is 18.5. The van der Waals surface area contributed by atoms with Crippen LogP contribution in [0.1, 0.15) is 35.2 Å². The molecule has 1 fully saturated rings. The third-order valence-electron chi connectivity index (χ3n) is 3.89. The molecule has 0 bridgehead atoms. The smallest absolute Gasteiger partial charge is 0.248 e. The van der Waals surface area contributed by atoms with Crippen LogP contribution in [0.15, 0.2) is 24.3 Å². The Labute approximate surface area is 137 Å². The zero-order valence-electron chi connectivity index (χ0n) is 12.6. The summed E-state index contributed by atoms with van der Waals surface area (Å²) in [5.74, 6) is 0.321. The van der Waals surface area contributed by atoms with Crippen LogP contribution in [-0.4, -0.2) is 31.4 Å². The van der Waals surface area contributed by atoms with Gasteiger partial charge >= 0.3 is 0 Å². The Morgan fingerprint density at radius 3 is 2.86 bits per heavy atom. The number of nitrogens with one attached hydrogen (secondary N) is 2. The van der Waals surface area contributed by atoms with Crippen molar-refractivity contribution in [3.63, 3.8) is 0 Å². The molecule has 0 radical (unpaired) electrons. The molecule has 1 atom stereocenters. The molecule has 1 aliphatic rings. The Kier molecular flexibility index (Phi) is 7.91. The van der Waals surface area contributed by atoms with Crippen LogP contribution in [0.5, 0.6) is 0 Å². The second-order valence-electron chi connectivity index (χ2n) is 5.56. The molecule has 2 rings (SSSR count). The van der Waals surface area contributed by atoms with Gasteiger partial charge in [0.25, 0.3) is 0 Å². The number of primary amides is 1. The third kappa shape index (κ3) is 6.03. The third-order valence-corrected chi connectivity index (χ3v) is 3.89. The fourth-order valence-corrected chi connectivity index (χ4v) is 2.61. The van der Waals surface area contributed by atoms with Gasteiger partial charge in [0.1, 0.15) is 0 Å². The first-order valence-corrected chi connectivity index (χ1v) is 7.51. The Bertz CT molecular complexity index is 502. The molecule has 0 spiro atoms. The van der Waals surface area contributed by atoms with Gasteiger partial charge in [-0.2, -0.15) is 0 Å². The monoisotopic (exact) mass is 325 g/mol.